The smallest absolute Gasteiger partial charge is 0.223 e. The Kier molecular flexibility index (Phi) is 5.22. The first kappa shape index (κ1) is 16.2. The lowest BCUT2D eigenvalue weighted by Crippen LogP contribution is -2.38. The van der Waals surface area contributed by atoms with Crippen LogP contribution in [0.3, 0.4) is 0 Å². The highest BCUT2D eigenvalue weighted by molar-refractivity contribution is 5.85. The molecule has 3 nitrogen and oxygen atoms in total. The Labute approximate surface area is 130 Å². The van der Waals surface area contributed by atoms with Gasteiger partial charge in [-0.15, -0.1) is 12.4 Å². The zero-order valence-electron chi connectivity index (χ0n) is 12.0. The van der Waals surface area contributed by atoms with E-state index < -0.39 is 0 Å². The molecule has 1 aromatic rings. The summed E-state index contributed by atoms with van der Waals surface area (Å²) in [6, 6.07) is 5.05. The van der Waals surface area contributed by atoms with Gasteiger partial charge < -0.3 is 11.1 Å². The molecule has 1 saturated carbocycles. The molecule has 2 aliphatic rings. The lowest BCUT2D eigenvalue weighted by atomic mass is 9.85. The molecule has 0 heterocycles. The molecule has 1 amide bonds. The van der Waals surface area contributed by atoms with Crippen LogP contribution in [-0.2, 0) is 11.2 Å². The van der Waals surface area contributed by atoms with Crippen LogP contribution < -0.4 is 11.1 Å². The monoisotopic (exact) mass is 312 g/mol. The van der Waals surface area contributed by atoms with Gasteiger partial charge in [-0.3, -0.25) is 4.79 Å². The number of hydrogen-bond acceptors (Lipinski definition) is 2. The summed E-state index contributed by atoms with van der Waals surface area (Å²) in [4.78, 5) is 12.3. The number of rotatable bonds is 2. The van der Waals surface area contributed by atoms with Gasteiger partial charge in [0.05, 0.1) is 6.04 Å². The summed E-state index contributed by atoms with van der Waals surface area (Å²) >= 11 is 0. The summed E-state index contributed by atoms with van der Waals surface area (Å²) < 4.78 is 13.2. The van der Waals surface area contributed by atoms with Gasteiger partial charge in [-0.1, -0.05) is 12.5 Å². The maximum Gasteiger partial charge on any atom is 0.223 e. The van der Waals surface area contributed by atoms with Crippen LogP contribution in [0, 0.1) is 11.7 Å². The van der Waals surface area contributed by atoms with Crippen molar-refractivity contribution in [1.82, 2.24) is 5.32 Å². The second-order valence-corrected chi connectivity index (χ2v) is 6.07. The van der Waals surface area contributed by atoms with E-state index >= 15 is 0 Å². The molecule has 3 atom stereocenters. The van der Waals surface area contributed by atoms with Gasteiger partial charge in [0, 0.05) is 12.0 Å². The third kappa shape index (κ3) is 3.55. The Hall–Kier alpha value is -1.13. The van der Waals surface area contributed by atoms with Gasteiger partial charge in [0.15, 0.2) is 0 Å². The number of nitrogens with two attached hydrogens (primary N) is 1. The van der Waals surface area contributed by atoms with Crippen molar-refractivity contribution in [3.05, 3.63) is 35.1 Å². The van der Waals surface area contributed by atoms with Crippen LogP contribution in [0.4, 0.5) is 4.39 Å². The van der Waals surface area contributed by atoms with Crippen LogP contribution in [0.1, 0.15) is 49.3 Å². The van der Waals surface area contributed by atoms with E-state index in [4.69, 9.17) is 5.73 Å². The van der Waals surface area contributed by atoms with Gasteiger partial charge >= 0.3 is 0 Å². The Morgan fingerprint density at radius 2 is 2.10 bits per heavy atom. The normalized spacial score (nSPS) is 27.6. The molecule has 3 N–H and O–H groups in total. The molecule has 0 bridgehead atoms. The highest BCUT2D eigenvalue weighted by Gasteiger charge is 2.29. The molecular formula is C16H22ClFN2O. The van der Waals surface area contributed by atoms with Crippen LogP contribution >= 0.6 is 12.4 Å². The summed E-state index contributed by atoms with van der Waals surface area (Å²) in [5.41, 5.74) is 8.04. The molecule has 3 unspecified atom stereocenters. The molecule has 0 saturated heterocycles. The van der Waals surface area contributed by atoms with Crippen molar-refractivity contribution >= 4 is 18.3 Å². The summed E-state index contributed by atoms with van der Waals surface area (Å²) in [7, 11) is 0. The number of carbonyl (C=O) groups is 1. The third-order valence-electron chi connectivity index (χ3n) is 4.58. The summed E-state index contributed by atoms with van der Waals surface area (Å²) in [5.74, 6) is -0.0421. The van der Waals surface area contributed by atoms with Crippen molar-refractivity contribution in [2.45, 2.75) is 50.6 Å². The predicted molar refractivity (Wildman–Crippen MR) is 82.8 cm³/mol. The number of hydrogen-bond donors (Lipinski definition) is 2. The van der Waals surface area contributed by atoms with Crippen molar-refractivity contribution < 1.29 is 9.18 Å². The van der Waals surface area contributed by atoms with Crippen LogP contribution in [0.25, 0.3) is 0 Å². The Morgan fingerprint density at radius 1 is 1.29 bits per heavy atom. The van der Waals surface area contributed by atoms with Crippen LogP contribution in [0.2, 0.25) is 0 Å². The number of carbonyl (C=O) groups excluding carboxylic acids is 1. The van der Waals surface area contributed by atoms with Gasteiger partial charge in [0.2, 0.25) is 5.91 Å². The van der Waals surface area contributed by atoms with E-state index in [-0.39, 0.29) is 42.1 Å². The van der Waals surface area contributed by atoms with Gasteiger partial charge in [-0.05, 0) is 55.4 Å². The maximum absolute atomic E-state index is 13.2. The number of halogens is 2. The van der Waals surface area contributed by atoms with E-state index in [2.05, 4.69) is 5.32 Å². The Morgan fingerprint density at radius 3 is 2.86 bits per heavy atom. The summed E-state index contributed by atoms with van der Waals surface area (Å²) in [5, 5.41) is 3.13. The van der Waals surface area contributed by atoms with Crippen LogP contribution in [0.5, 0.6) is 0 Å². The van der Waals surface area contributed by atoms with Crippen molar-refractivity contribution in [2.24, 2.45) is 11.7 Å². The molecular weight excluding hydrogens is 291 g/mol. The number of amides is 1. The van der Waals surface area contributed by atoms with Gasteiger partial charge in [-0.2, -0.15) is 0 Å². The first-order chi connectivity index (χ1) is 9.63. The van der Waals surface area contributed by atoms with Crippen molar-refractivity contribution in [3.63, 3.8) is 0 Å². The number of fused-ring (bicyclic) bond motifs is 1. The average molecular weight is 313 g/mol. The van der Waals surface area contributed by atoms with E-state index in [9.17, 15) is 9.18 Å². The minimum absolute atomic E-state index is 0. The molecule has 1 fully saturated rings. The zero-order chi connectivity index (χ0) is 14.1. The lowest BCUT2D eigenvalue weighted by Gasteiger charge is -2.27. The first-order valence-electron chi connectivity index (χ1n) is 7.48. The van der Waals surface area contributed by atoms with E-state index in [0.717, 1.165) is 49.7 Å². The number of benzene rings is 1. The van der Waals surface area contributed by atoms with Crippen LogP contribution in [-0.4, -0.2) is 11.9 Å². The standard InChI is InChI=1S/C16H21FN2O.ClH/c17-12-5-6-14-10(8-12)4-7-15(14)19-16(20)11-2-1-3-13(18)9-11;/h5-6,8,11,13,15H,1-4,7,9,18H2,(H,19,20);1H. The van der Waals surface area contributed by atoms with Crippen LogP contribution in [0.15, 0.2) is 18.2 Å². The molecule has 2 aliphatic carbocycles. The topological polar surface area (TPSA) is 55.1 Å². The fourth-order valence-electron chi connectivity index (χ4n) is 3.49. The average Bonchev–Trinajstić information content (AvgIpc) is 2.81. The molecule has 3 rings (SSSR count). The molecule has 0 aliphatic heterocycles. The van der Waals surface area contributed by atoms with Gasteiger partial charge in [0.1, 0.15) is 5.82 Å². The molecule has 0 spiro atoms. The summed E-state index contributed by atoms with van der Waals surface area (Å²) in [6.07, 6.45) is 5.48. The van der Waals surface area contributed by atoms with E-state index in [1.165, 1.54) is 6.07 Å². The van der Waals surface area contributed by atoms with Gasteiger partial charge in [-0.25, -0.2) is 4.39 Å². The van der Waals surface area contributed by atoms with Crippen molar-refractivity contribution in [1.29, 1.82) is 0 Å². The largest absolute Gasteiger partial charge is 0.349 e. The van der Waals surface area contributed by atoms with Crippen molar-refractivity contribution in [3.8, 4) is 0 Å². The predicted octanol–water partition coefficient (Wildman–Crippen LogP) is 2.87. The minimum Gasteiger partial charge on any atom is -0.349 e. The lowest BCUT2D eigenvalue weighted by molar-refractivity contribution is -0.126. The maximum atomic E-state index is 13.2. The number of nitrogens with one attached hydrogen (secondary N) is 1. The fraction of sp³-hybridized carbons (Fsp3) is 0.562. The molecule has 1 aromatic carbocycles. The molecule has 5 heteroatoms. The highest BCUT2D eigenvalue weighted by atomic mass is 35.5. The minimum atomic E-state index is -0.200. The second kappa shape index (κ2) is 6.75. The molecule has 0 radical (unpaired) electrons. The molecule has 116 valence electrons. The number of aryl methyl sites for hydroxylation is 1. The van der Waals surface area contributed by atoms with E-state index in [0.29, 0.717) is 0 Å². The third-order valence-corrected chi connectivity index (χ3v) is 4.58. The van der Waals surface area contributed by atoms with Gasteiger partial charge in [0.25, 0.3) is 0 Å². The first-order valence-corrected chi connectivity index (χ1v) is 7.48. The second-order valence-electron chi connectivity index (χ2n) is 6.07. The highest BCUT2D eigenvalue weighted by Crippen LogP contribution is 2.32. The Bertz CT molecular complexity index is 523. The van der Waals surface area contributed by atoms with E-state index in [1.54, 1.807) is 12.1 Å². The fourth-order valence-corrected chi connectivity index (χ4v) is 3.49. The quantitative estimate of drug-likeness (QED) is 0.882. The molecule has 21 heavy (non-hydrogen) atoms. The SMILES string of the molecule is Cl.NC1CCCC(C(=O)NC2CCc3cc(F)ccc32)C1. The summed E-state index contributed by atoms with van der Waals surface area (Å²) in [6.45, 7) is 0. The molecule has 0 aromatic heterocycles. The van der Waals surface area contributed by atoms with Crippen molar-refractivity contribution in [2.75, 3.05) is 0 Å². The zero-order valence-corrected chi connectivity index (χ0v) is 12.8. The van der Waals surface area contributed by atoms with E-state index in [1.807, 2.05) is 0 Å². The Balaban J connectivity index is 0.00000161.